The van der Waals surface area contributed by atoms with Gasteiger partial charge in [-0.3, -0.25) is 14.2 Å². The van der Waals surface area contributed by atoms with Gasteiger partial charge in [0.25, 0.3) is 5.56 Å². The normalized spacial score (nSPS) is 12.1. The first-order valence-corrected chi connectivity index (χ1v) is 10.5. The van der Waals surface area contributed by atoms with Gasteiger partial charge < -0.3 is 5.32 Å². The Morgan fingerprint density at radius 1 is 1.17 bits per heavy atom. The minimum Gasteiger partial charge on any atom is -0.324 e. The molecule has 7 heteroatoms. The quantitative estimate of drug-likeness (QED) is 0.492. The fraction of sp³-hybridized carbons (Fsp3) is 0.174. The van der Waals surface area contributed by atoms with Crippen LogP contribution in [0.1, 0.15) is 25.5 Å². The van der Waals surface area contributed by atoms with Gasteiger partial charge in [0.2, 0.25) is 5.91 Å². The summed E-state index contributed by atoms with van der Waals surface area (Å²) >= 11 is 1.34. The van der Waals surface area contributed by atoms with E-state index in [0.29, 0.717) is 21.5 Å². The average molecular weight is 421 g/mol. The molecule has 4 rings (SSSR count). The Bertz CT molecular complexity index is 1260. The van der Waals surface area contributed by atoms with Gasteiger partial charge in [-0.15, -0.1) is 11.3 Å². The van der Waals surface area contributed by atoms with Gasteiger partial charge >= 0.3 is 0 Å². The molecule has 0 aliphatic carbocycles. The second-order valence-corrected chi connectivity index (χ2v) is 7.87. The van der Waals surface area contributed by atoms with E-state index in [1.807, 2.05) is 29.6 Å². The molecule has 4 aromatic rings. The minimum atomic E-state index is -0.749. The molecule has 2 aromatic heterocycles. The van der Waals surface area contributed by atoms with Crippen LogP contribution in [-0.4, -0.2) is 15.5 Å². The van der Waals surface area contributed by atoms with Crippen LogP contribution < -0.4 is 10.9 Å². The fourth-order valence-corrected chi connectivity index (χ4v) is 4.17. The highest BCUT2D eigenvalue weighted by Crippen LogP contribution is 2.31. The maximum Gasteiger partial charge on any atom is 0.263 e. The molecule has 30 heavy (non-hydrogen) atoms. The zero-order valence-electron chi connectivity index (χ0n) is 16.6. The highest BCUT2D eigenvalue weighted by molar-refractivity contribution is 7.17. The topological polar surface area (TPSA) is 64.0 Å². The minimum absolute atomic E-state index is 0.301. The molecule has 0 fully saturated rings. The van der Waals surface area contributed by atoms with Gasteiger partial charge in [-0.05, 0) is 48.7 Å². The zero-order chi connectivity index (χ0) is 21.3. The first-order valence-electron chi connectivity index (χ1n) is 9.62. The van der Waals surface area contributed by atoms with E-state index < -0.39 is 6.04 Å². The second-order valence-electron chi connectivity index (χ2n) is 7.01. The van der Waals surface area contributed by atoms with E-state index in [0.717, 1.165) is 12.0 Å². The number of anilines is 1. The predicted octanol–water partition coefficient (Wildman–Crippen LogP) is 5.03. The maximum absolute atomic E-state index is 13.3. The van der Waals surface area contributed by atoms with Gasteiger partial charge in [-0.25, -0.2) is 9.37 Å². The van der Waals surface area contributed by atoms with Crippen molar-refractivity contribution in [2.24, 2.45) is 0 Å². The lowest BCUT2D eigenvalue weighted by atomic mass is 10.1. The van der Waals surface area contributed by atoms with Gasteiger partial charge in [0.15, 0.2) is 0 Å². The smallest absolute Gasteiger partial charge is 0.263 e. The number of halogens is 1. The number of carbonyl (C=O) groups excluding carboxylic acids is 1. The fourth-order valence-electron chi connectivity index (χ4n) is 3.26. The molecule has 152 valence electrons. The number of benzene rings is 2. The highest BCUT2D eigenvalue weighted by atomic mass is 32.1. The number of nitrogens with zero attached hydrogens (tertiary/aromatic N) is 2. The number of hydrogen-bond donors (Lipinski definition) is 1. The van der Waals surface area contributed by atoms with Crippen molar-refractivity contribution in [3.05, 3.63) is 82.0 Å². The number of hydrogen-bond acceptors (Lipinski definition) is 4. The number of fused-ring (bicyclic) bond motifs is 1. The van der Waals surface area contributed by atoms with Gasteiger partial charge in [0, 0.05) is 16.6 Å². The third-order valence-electron chi connectivity index (χ3n) is 5.10. The van der Waals surface area contributed by atoms with Crippen molar-refractivity contribution in [3.63, 3.8) is 0 Å². The molecule has 1 N–H and O–H groups in total. The monoisotopic (exact) mass is 421 g/mol. The average Bonchev–Trinajstić information content (AvgIpc) is 3.19. The molecule has 1 atom stereocenters. The molecular weight excluding hydrogens is 401 g/mol. The molecule has 0 spiro atoms. The van der Waals surface area contributed by atoms with Gasteiger partial charge in [-0.1, -0.05) is 31.2 Å². The Labute approximate surface area is 176 Å². The van der Waals surface area contributed by atoms with E-state index in [2.05, 4.69) is 17.2 Å². The van der Waals surface area contributed by atoms with Crippen LogP contribution in [0.25, 0.3) is 21.3 Å². The van der Waals surface area contributed by atoms with Crippen LogP contribution in [0.5, 0.6) is 0 Å². The molecule has 1 amide bonds. The highest BCUT2D eigenvalue weighted by Gasteiger charge is 2.20. The van der Waals surface area contributed by atoms with Crippen LogP contribution >= 0.6 is 11.3 Å². The largest absolute Gasteiger partial charge is 0.324 e. The van der Waals surface area contributed by atoms with Crippen molar-refractivity contribution in [1.82, 2.24) is 9.55 Å². The summed E-state index contributed by atoms with van der Waals surface area (Å²) in [7, 11) is 0. The predicted molar refractivity (Wildman–Crippen MR) is 118 cm³/mol. The molecular formula is C23H20FN3O2S. The van der Waals surface area contributed by atoms with E-state index in [4.69, 9.17) is 0 Å². The summed E-state index contributed by atoms with van der Waals surface area (Å²) in [6.07, 6.45) is 2.32. The van der Waals surface area contributed by atoms with E-state index in [1.54, 1.807) is 19.1 Å². The Kier molecular flexibility index (Phi) is 5.46. The third-order valence-corrected chi connectivity index (χ3v) is 5.99. The number of aromatic nitrogens is 2. The van der Waals surface area contributed by atoms with Gasteiger partial charge in [-0.2, -0.15) is 0 Å². The summed E-state index contributed by atoms with van der Waals surface area (Å²) in [5.74, 6) is -0.646. The molecule has 0 aliphatic heterocycles. The Morgan fingerprint density at radius 2 is 1.87 bits per heavy atom. The van der Waals surface area contributed by atoms with Crippen LogP contribution in [0.2, 0.25) is 0 Å². The van der Waals surface area contributed by atoms with E-state index in [-0.39, 0.29) is 17.3 Å². The van der Waals surface area contributed by atoms with E-state index in [1.165, 1.54) is 39.9 Å². The van der Waals surface area contributed by atoms with Crippen LogP contribution in [0.3, 0.4) is 0 Å². The maximum atomic E-state index is 13.3. The van der Waals surface area contributed by atoms with Gasteiger partial charge in [0.05, 0.1) is 11.7 Å². The SMILES string of the molecule is CCc1ccc(NC(=O)C(C)n2cnc3scc(-c4ccc(F)cc4)c3c2=O)cc1. The Hall–Kier alpha value is -3.32. The number of rotatable bonds is 5. The van der Waals surface area contributed by atoms with Crippen molar-refractivity contribution in [3.8, 4) is 11.1 Å². The van der Waals surface area contributed by atoms with Crippen molar-refractivity contribution in [2.75, 3.05) is 5.32 Å². The number of thiophene rings is 1. The lowest BCUT2D eigenvalue weighted by molar-refractivity contribution is -0.118. The van der Waals surface area contributed by atoms with Crippen molar-refractivity contribution in [2.45, 2.75) is 26.3 Å². The lowest BCUT2D eigenvalue weighted by Gasteiger charge is -2.15. The molecule has 0 saturated carbocycles. The summed E-state index contributed by atoms with van der Waals surface area (Å²) < 4.78 is 14.6. The third kappa shape index (κ3) is 3.76. The van der Waals surface area contributed by atoms with Crippen LogP contribution in [0, 0.1) is 5.82 Å². The Balaban J connectivity index is 1.67. The molecule has 1 unspecified atom stereocenters. The number of carbonyl (C=O) groups is 1. The second kappa shape index (κ2) is 8.20. The molecule has 0 aliphatic rings. The first kappa shape index (κ1) is 20.0. The van der Waals surface area contributed by atoms with Crippen LogP contribution in [0.4, 0.5) is 10.1 Å². The first-order chi connectivity index (χ1) is 14.5. The molecule has 2 heterocycles. The zero-order valence-corrected chi connectivity index (χ0v) is 17.4. The number of aryl methyl sites for hydroxylation is 1. The van der Waals surface area contributed by atoms with Crippen LogP contribution in [-0.2, 0) is 11.2 Å². The summed E-state index contributed by atoms with van der Waals surface area (Å²) in [5.41, 5.74) is 2.97. The molecule has 0 bridgehead atoms. The lowest BCUT2D eigenvalue weighted by Crippen LogP contribution is -2.31. The van der Waals surface area contributed by atoms with E-state index >= 15 is 0 Å². The summed E-state index contributed by atoms with van der Waals surface area (Å²) in [4.78, 5) is 30.9. The molecule has 0 radical (unpaired) electrons. The molecule has 2 aromatic carbocycles. The summed E-state index contributed by atoms with van der Waals surface area (Å²) in [6.45, 7) is 3.73. The molecule has 0 saturated heterocycles. The molecule has 5 nitrogen and oxygen atoms in total. The van der Waals surface area contributed by atoms with Crippen molar-refractivity contribution in [1.29, 1.82) is 0 Å². The van der Waals surface area contributed by atoms with Crippen LogP contribution in [0.15, 0.2) is 65.0 Å². The number of nitrogens with one attached hydrogen (secondary N) is 1. The Morgan fingerprint density at radius 3 is 2.53 bits per heavy atom. The summed E-state index contributed by atoms with van der Waals surface area (Å²) in [5, 5.41) is 5.11. The summed E-state index contributed by atoms with van der Waals surface area (Å²) in [6, 6.07) is 12.8. The van der Waals surface area contributed by atoms with Crippen molar-refractivity contribution >= 4 is 33.1 Å². The van der Waals surface area contributed by atoms with E-state index in [9.17, 15) is 14.0 Å². The number of amides is 1. The van der Waals surface area contributed by atoms with Gasteiger partial charge in [0.1, 0.15) is 16.7 Å². The van der Waals surface area contributed by atoms with Crippen molar-refractivity contribution < 1.29 is 9.18 Å². The standard InChI is InChI=1S/C23H20FN3O2S/c1-3-15-4-10-18(11-5-15)26-21(28)14(2)27-13-25-22-20(23(27)29)19(12-30-22)16-6-8-17(24)9-7-16/h4-14H,3H2,1-2H3,(H,26,28).